The molecular weight excluding hydrogens is 214 g/mol. The van der Waals surface area contributed by atoms with E-state index in [0.29, 0.717) is 5.69 Å². The topological polar surface area (TPSA) is 50.2 Å². The molecule has 17 heavy (non-hydrogen) atoms. The van der Waals surface area contributed by atoms with Crippen LogP contribution in [-0.2, 0) is 0 Å². The fourth-order valence-electron chi connectivity index (χ4n) is 1.41. The van der Waals surface area contributed by atoms with Crippen molar-refractivity contribution in [2.75, 3.05) is 0 Å². The van der Waals surface area contributed by atoms with E-state index in [2.05, 4.69) is 4.98 Å². The van der Waals surface area contributed by atoms with Crippen molar-refractivity contribution < 1.29 is 9.90 Å². The van der Waals surface area contributed by atoms with Gasteiger partial charge in [-0.1, -0.05) is 42.5 Å². The SMILES string of the molecule is O=C(O)c1cccc(/C=C/c2ccccc2)n1. The first-order valence-corrected chi connectivity index (χ1v) is 5.19. The molecule has 0 aliphatic rings. The van der Waals surface area contributed by atoms with E-state index in [-0.39, 0.29) is 5.69 Å². The Kier molecular flexibility index (Phi) is 3.31. The number of nitrogens with zero attached hydrogens (tertiary/aromatic N) is 1. The normalized spacial score (nSPS) is 10.6. The highest BCUT2D eigenvalue weighted by Crippen LogP contribution is 2.07. The van der Waals surface area contributed by atoms with Gasteiger partial charge in [0.1, 0.15) is 5.69 Å². The van der Waals surface area contributed by atoms with E-state index in [1.807, 2.05) is 36.4 Å². The summed E-state index contributed by atoms with van der Waals surface area (Å²) in [6, 6.07) is 14.7. The van der Waals surface area contributed by atoms with E-state index < -0.39 is 5.97 Å². The molecule has 0 saturated heterocycles. The van der Waals surface area contributed by atoms with Crippen molar-refractivity contribution in [1.82, 2.24) is 4.98 Å². The number of carboxylic acids is 1. The average molecular weight is 225 g/mol. The predicted octanol–water partition coefficient (Wildman–Crippen LogP) is 2.95. The Balaban J connectivity index is 2.22. The Morgan fingerprint density at radius 3 is 2.47 bits per heavy atom. The highest BCUT2D eigenvalue weighted by Gasteiger charge is 2.02. The van der Waals surface area contributed by atoms with Gasteiger partial charge in [-0.25, -0.2) is 9.78 Å². The van der Waals surface area contributed by atoms with Gasteiger partial charge in [0.2, 0.25) is 0 Å². The molecule has 0 saturated carbocycles. The summed E-state index contributed by atoms with van der Waals surface area (Å²) in [5.41, 5.74) is 1.74. The minimum Gasteiger partial charge on any atom is -0.477 e. The molecule has 2 rings (SSSR count). The fourth-order valence-corrected chi connectivity index (χ4v) is 1.41. The monoisotopic (exact) mass is 225 g/mol. The molecule has 2 aromatic rings. The van der Waals surface area contributed by atoms with Gasteiger partial charge in [0, 0.05) is 0 Å². The van der Waals surface area contributed by atoms with Crippen LogP contribution >= 0.6 is 0 Å². The summed E-state index contributed by atoms with van der Waals surface area (Å²) >= 11 is 0. The first-order chi connectivity index (χ1) is 8.25. The molecule has 0 unspecified atom stereocenters. The number of benzene rings is 1. The summed E-state index contributed by atoms with van der Waals surface area (Å²) in [5.74, 6) is -1.01. The molecule has 0 atom stereocenters. The van der Waals surface area contributed by atoms with Crippen LogP contribution in [0.25, 0.3) is 12.2 Å². The lowest BCUT2D eigenvalue weighted by molar-refractivity contribution is 0.0690. The lowest BCUT2D eigenvalue weighted by Crippen LogP contribution is -2.00. The summed E-state index contributed by atoms with van der Waals surface area (Å²) in [6.45, 7) is 0. The van der Waals surface area contributed by atoms with Gasteiger partial charge >= 0.3 is 5.97 Å². The van der Waals surface area contributed by atoms with Crippen molar-refractivity contribution in [2.24, 2.45) is 0 Å². The Labute approximate surface area is 99.1 Å². The molecule has 1 heterocycles. The number of carboxylic acid groups (broad SMARTS) is 1. The van der Waals surface area contributed by atoms with Crippen LogP contribution < -0.4 is 0 Å². The first kappa shape index (κ1) is 11.1. The van der Waals surface area contributed by atoms with Crippen LogP contribution in [0.5, 0.6) is 0 Å². The van der Waals surface area contributed by atoms with Crippen molar-refractivity contribution >= 4 is 18.1 Å². The van der Waals surface area contributed by atoms with Gasteiger partial charge in [0.25, 0.3) is 0 Å². The summed E-state index contributed by atoms with van der Waals surface area (Å²) in [6.07, 6.45) is 3.69. The minimum absolute atomic E-state index is 0.0558. The quantitative estimate of drug-likeness (QED) is 0.873. The third kappa shape index (κ3) is 3.01. The second kappa shape index (κ2) is 5.07. The number of hydrogen-bond acceptors (Lipinski definition) is 2. The van der Waals surface area contributed by atoms with Crippen molar-refractivity contribution in [3.05, 3.63) is 65.5 Å². The molecule has 0 fully saturated rings. The Morgan fingerprint density at radius 2 is 1.76 bits per heavy atom. The zero-order valence-corrected chi connectivity index (χ0v) is 9.08. The van der Waals surface area contributed by atoms with Crippen LogP contribution in [0.3, 0.4) is 0 Å². The zero-order valence-electron chi connectivity index (χ0n) is 9.08. The van der Waals surface area contributed by atoms with Crippen molar-refractivity contribution in [2.45, 2.75) is 0 Å². The number of aromatic carboxylic acids is 1. The Hall–Kier alpha value is -2.42. The summed E-state index contributed by atoms with van der Waals surface area (Å²) in [5, 5.41) is 8.81. The largest absolute Gasteiger partial charge is 0.477 e. The highest BCUT2D eigenvalue weighted by molar-refractivity contribution is 5.85. The molecule has 0 radical (unpaired) electrons. The number of carbonyl (C=O) groups is 1. The molecule has 1 aromatic heterocycles. The van der Waals surface area contributed by atoms with Crippen LogP contribution in [0.4, 0.5) is 0 Å². The predicted molar refractivity (Wildman–Crippen MR) is 66.6 cm³/mol. The third-order valence-corrected chi connectivity index (χ3v) is 2.24. The number of hydrogen-bond donors (Lipinski definition) is 1. The van der Waals surface area contributed by atoms with E-state index in [4.69, 9.17) is 5.11 Å². The molecule has 0 amide bonds. The molecule has 0 aliphatic heterocycles. The van der Waals surface area contributed by atoms with Gasteiger partial charge in [0.05, 0.1) is 5.69 Å². The molecule has 1 aromatic carbocycles. The lowest BCUT2D eigenvalue weighted by atomic mass is 10.2. The molecule has 0 aliphatic carbocycles. The van der Waals surface area contributed by atoms with E-state index >= 15 is 0 Å². The zero-order chi connectivity index (χ0) is 12.1. The van der Waals surface area contributed by atoms with Gasteiger partial charge in [-0.2, -0.15) is 0 Å². The van der Waals surface area contributed by atoms with Gasteiger partial charge in [-0.3, -0.25) is 0 Å². The number of aromatic nitrogens is 1. The first-order valence-electron chi connectivity index (χ1n) is 5.19. The molecule has 3 heteroatoms. The highest BCUT2D eigenvalue weighted by atomic mass is 16.4. The van der Waals surface area contributed by atoms with Crippen LogP contribution in [0.1, 0.15) is 21.7 Å². The Morgan fingerprint density at radius 1 is 1.00 bits per heavy atom. The van der Waals surface area contributed by atoms with E-state index in [1.54, 1.807) is 18.2 Å². The fraction of sp³-hybridized carbons (Fsp3) is 0. The summed E-state index contributed by atoms with van der Waals surface area (Å²) in [7, 11) is 0. The maximum absolute atomic E-state index is 10.7. The van der Waals surface area contributed by atoms with Crippen molar-refractivity contribution in [3.63, 3.8) is 0 Å². The van der Waals surface area contributed by atoms with Crippen LogP contribution in [0.2, 0.25) is 0 Å². The molecule has 0 spiro atoms. The molecule has 1 N–H and O–H groups in total. The Bertz CT molecular complexity index is 547. The van der Waals surface area contributed by atoms with Crippen LogP contribution in [0, 0.1) is 0 Å². The van der Waals surface area contributed by atoms with E-state index in [1.165, 1.54) is 6.07 Å². The third-order valence-electron chi connectivity index (χ3n) is 2.24. The summed E-state index contributed by atoms with van der Waals surface area (Å²) < 4.78 is 0. The number of rotatable bonds is 3. The van der Waals surface area contributed by atoms with Crippen molar-refractivity contribution in [1.29, 1.82) is 0 Å². The molecule has 0 bridgehead atoms. The van der Waals surface area contributed by atoms with E-state index in [9.17, 15) is 4.79 Å². The van der Waals surface area contributed by atoms with E-state index in [0.717, 1.165) is 5.56 Å². The second-order valence-electron chi connectivity index (χ2n) is 3.50. The standard InChI is InChI=1S/C14H11NO2/c16-14(17)13-8-4-7-12(15-13)10-9-11-5-2-1-3-6-11/h1-10H,(H,16,17)/b10-9+. The second-order valence-corrected chi connectivity index (χ2v) is 3.50. The molecule has 84 valence electrons. The minimum atomic E-state index is -1.01. The number of pyridine rings is 1. The maximum Gasteiger partial charge on any atom is 0.354 e. The van der Waals surface area contributed by atoms with Gasteiger partial charge < -0.3 is 5.11 Å². The van der Waals surface area contributed by atoms with Crippen LogP contribution in [-0.4, -0.2) is 16.1 Å². The van der Waals surface area contributed by atoms with Gasteiger partial charge in [-0.05, 0) is 23.8 Å². The molecular formula is C14H11NO2. The smallest absolute Gasteiger partial charge is 0.354 e. The maximum atomic E-state index is 10.7. The van der Waals surface area contributed by atoms with Crippen LogP contribution in [0.15, 0.2) is 48.5 Å². The summed E-state index contributed by atoms with van der Waals surface area (Å²) in [4.78, 5) is 14.7. The molecule has 3 nitrogen and oxygen atoms in total. The lowest BCUT2D eigenvalue weighted by Gasteiger charge is -1.96. The van der Waals surface area contributed by atoms with Gasteiger partial charge in [0.15, 0.2) is 0 Å². The van der Waals surface area contributed by atoms with Gasteiger partial charge in [-0.15, -0.1) is 0 Å². The average Bonchev–Trinajstić information content (AvgIpc) is 2.38. The van der Waals surface area contributed by atoms with Crippen molar-refractivity contribution in [3.8, 4) is 0 Å².